The van der Waals surface area contributed by atoms with Gasteiger partial charge in [0.1, 0.15) is 6.61 Å². The normalized spacial score (nSPS) is 25.3. The number of hydrogen-bond donors (Lipinski definition) is 1. The van der Waals surface area contributed by atoms with Crippen LogP contribution in [0.25, 0.3) is 10.4 Å². The van der Waals surface area contributed by atoms with Gasteiger partial charge in [0.05, 0.1) is 17.2 Å². The summed E-state index contributed by atoms with van der Waals surface area (Å²) in [5.74, 6) is -1.10. The highest BCUT2D eigenvalue weighted by molar-refractivity contribution is 6.45. The number of piperidine rings is 1. The van der Waals surface area contributed by atoms with Gasteiger partial charge in [-0.15, -0.1) is 12.4 Å². The summed E-state index contributed by atoms with van der Waals surface area (Å²) in [6, 6.07) is 8.50. The molecule has 1 aromatic rings. The van der Waals surface area contributed by atoms with Gasteiger partial charge in [-0.2, -0.15) is 0 Å². The molecule has 36 heavy (non-hydrogen) atoms. The lowest BCUT2D eigenvalue weighted by Crippen LogP contribution is -2.59. The Morgan fingerprint density at radius 3 is 2.42 bits per heavy atom. The average molecular weight is 522 g/mol. The van der Waals surface area contributed by atoms with Crippen molar-refractivity contribution >= 4 is 31.4 Å². The summed E-state index contributed by atoms with van der Waals surface area (Å²) in [6.07, 6.45) is 1.43. The Kier molecular flexibility index (Phi) is 9.84. The van der Waals surface area contributed by atoms with E-state index in [-0.39, 0.29) is 43.8 Å². The Balaban J connectivity index is 0.00000456. The number of ether oxygens (including phenoxy) is 1. The fraction of sp³-hybridized carbons (Fsp3) is 0.667. The van der Waals surface area contributed by atoms with Gasteiger partial charge in [-0.05, 0) is 64.4 Å². The molecular weight excluding hydrogens is 485 g/mol. The number of likely N-dealkylation sites (tertiary alicyclic amines) is 1. The molecule has 2 N–H and O–H groups in total. The van der Waals surface area contributed by atoms with Gasteiger partial charge in [0.2, 0.25) is 5.91 Å². The molecule has 0 bridgehead atoms. The first-order valence-electron chi connectivity index (χ1n) is 12.1. The molecule has 0 aromatic heterocycles. The minimum absolute atomic E-state index is 0. The molecule has 2 aliphatic heterocycles. The molecule has 0 spiro atoms. The quantitative estimate of drug-likeness (QED) is 0.181. The number of benzene rings is 1. The molecule has 0 aliphatic carbocycles. The van der Waals surface area contributed by atoms with Crippen LogP contribution >= 0.6 is 12.4 Å². The molecule has 12 heteroatoms. The standard InChI is InChI=1S/C24H36BN5O5.ClH/c1-17(26)20(31)30-14-19(11-12-25-34-22(2,3)23(4,5)35-25)13-24(16-30,28-29-27)21(32)33-15-18-9-7-6-8-10-18;/h6-10,17,19H,11-16,26H2,1-5H3;1H/t17-,19+,24+;/m0./s1. The largest absolute Gasteiger partial charge is 0.460 e. The second-order valence-electron chi connectivity index (χ2n) is 10.6. The van der Waals surface area contributed by atoms with Crippen LogP contribution in [-0.2, 0) is 30.2 Å². The third kappa shape index (κ3) is 6.72. The number of nitrogens with two attached hydrogens (primary N) is 1. The van der Waals surface area contributed by atoms with Crippen molar-refractivity contribution < 1.29 is 23.6 Å². The number of carbonyl (C=O) groups is 2. The minimum atomic E-state index is -1.53. The van der Waals surface area contributed by atoms with E-state index in [9.17, 15) is 15.1 Å². The van der Waals surface area contributed by atoms with Crippen LogP contribution in [0, 0.1) is 5.92 Å². The van der Waals surface area contributed by atoms with E-state index < -0.39 is 35.9 Å². The maximum Gasteiger partial charge on any atom is 0.457 e. The molecule has 2 fully saturated rings. The zero-order valence-corrected chi connectivity index (χ0v) is 22.5. The first-order valence-corrected chi connectivity index (χ1v) is 12.1. The fourth-order valence-electron chi connectivity index (χ4n) is 4.61. The zero-order chi connectivity index (χ0) is 25.9. The maximum atomic E-state index is 13.3. The van der Waals surface area contributed by atoms with Crippen molar-refractivity contribution in [3.8, 4) is 0 Å². The van der Waals surface area contributed by atoms with Crippen molar-refractivity contribution in [1.29, 1.82) is 0 Å². The smallest absolute Gasteiger partial charge is 0.457 e. The second kappa shape index (κ2) is 11.8. The molecule has 0 saturated carbocycles. The molecule has 3 atom stereocenters. The van der Waals surface area contributed by atoms with Gasteiger partial charge in [0, 0.05) is 18.0 Å². The summed E-state index contributed by atoms with van der Waals surface area (Å²) in [6.45, 7) is 9.93. The van der Waals surface area contributed by atoms with Gasteiger partial charge in [-0.3, -0.25) is 9.59 Å². The predicted octanol–water partition coefficient (Wildman–Crippen LogP) is 3.88. The van der Waals surface area contributed by atoms with Gasteiger partial charge in [0.25, 0.3) is 0 Å². The molecule has 2 heterocycles. The van der Waals surface area contributed by atoms with E-state index in [2.05, 4.69) is 10.0 Å². The maximum absolute atomic E-state index is 13.3. The second-order valence-corrected chi connectivity index (χ2v) is 10.6. The van der Waals surface area contributed by atoms with Crippen LogP contribution in [0.5, 0.6) is 0 Å². The summed E-state index contributed by atoms with van der Waals surface area (Å²) in [5.41, 5.74) is 13.6. The van der Waals surface area contributed by atoms with Crippen molar-refractivity contribution in [3.05, 3.63) is 46.3 Å². The summed E-state index contributed by atoms with van der Waals surface area (Å²) in [5, 5.41) is 3.90. The minimum Gasteiger partial charge on any atom is -0.460 e. The van der Waals surface area contributed by atoms with Crippen LogP contribution in [0.1, 0.15) is 53.0 Å². The van der Waals surface area contributed by atoms with Gasteiger partial charge in [0.15, 0.2) is 5.54 Å². The van der Waals surface area contributed by atoms with E-state index >= 15 is 0 Å². The molecule has 0 unspecified atom stereocenters. The van der Waals surface area contributed by atoms with Crippen molar-refractivity contribution in [2.45, 2.75) is 83.2 Å². The third-order valence-electron chi connectivity index (χ3n) is 7.20. The molecule has 10 nitrogen and oxygen atoms in total. The summed E-state index contributed by atoms with van der Waals surface area (Å²) in [4.78, 5) is 30.6. The van der Waals surface area contributed by atoms with E-state index in [0.717, 1.165) is 5.56 Å². The molecule has 1 amide bonds. The highest BCUT2D eigenvalue weighted by Gasteiger charge is 2.52. The molecular formula is C24H37BClN5O5. The number of nitrogens with zero attached hydrogens (tertiary/aromatic N) is 4. The van der Waals surface area contributed by atoms with E-state index in [1.807, 2.05) is 58.0 Å². The monoisotopic (exact) mass is 521 g/mol. The van der Waals surface area contributed by atoms with Crippen LogP contribution in [-0.4, -0.2) is 59.8 Å². The number of esters is 1. The highest BCUT2D eigenvalue weighted by atomic mass is 35.5. The lowest BCUT2D eigenvalue weighted by molar-refractivity contribution is -0.156. The average Bonchev–Trinajstić information content (AvgIpc) is 3.02. The Hall–Kier alpha value is -2.30. The number of hydrogen-bond acceptors (Lipinski definition) is 7. The number of rotatable bonds is 8. The molecule has 3 rings (SSSR count). The van der Waals surface area contributed by atoms with Crippen molar-refractivity contribution in [2.75, 3.05) is 13.1 Å². The Labute approximate surface area is 219 Å². The van der Waals surface area contributed by atoms with Crippen molar-refractivity contribution in [2.24, 2.45) is 16.8 Å². The van der Waals surface area contributed by atoms with Crippen LogP contribution < -0.4 is 5.73 Å². The SMILES string of the molecule is C[C@H](N)C(=O)N1C[C@H](CCB2OC(C)(C)C(C)(C)O2)C[C@](N=[N+]=[N-])(C(=O)OCc2ccccc2)C1.Cl. The number of amides is 1. The first kappa shape index (κ1) is 29.9. The van der Waals surface area contributed by atoms with Crippen LogP contribution in [0.15, 0.2) is 35.4 Å². The summed E-state index contributed by atoms with van der Waals surface area (Å²) >= 11 is 0. The topological polar surface area (TPSA) is 140 Å². The van der Waals surface area contributed by atoms with Gasteiger partial charge in [-0.25, -0.2) is 0 Å². The number of azide groups is 1. The highest BCUT2D eigenvalue weighted by Crippen LogP contribution is 2.40. The van der Waals surface area contributed by atoms with E-state index in [1.165, 1.54) is 4.90 Å². The number of halogens is 1. The Morgan fingerprint density at radius 1 is 1.25 bits per heavy atom. The molecule has 2 aliphatic rings. The molecule has 198 valence electrons. The fourth-order valence-corrected chi connectivity index (χ4v) is 4.61. The van der Waals surface area contributed by atoms with E-state index in [0.29, 0.717) is 19.3 Å². The zero-order valence-electron chi connectivity index (χ0n) is 21.7. The van der Waals surface area contributed by atoms with E-state index in [4.69, 9.17) is 19.8 Å². The van der Waals surface area contributed by atoms with Gasteiger partial charge in [-0.1, -0.05) is 41.9 Å². The lowest BCUT2D eigenvalue weighted by Gasteiger charge is -2.42. The van der Waals surface area contributed by atoms with Crippen LogP contribution in [0.2, 0.25) is 6.32 Å². The third-order valence-corrected chi connectivity index (χ3v) is 7.20. The van der Waals surface area contributed by atoms with Gasteiger partial charge < -0.3 is 24.7 Å². The Bertz CT molecular complexity index is 957. The predicted molar refractivity (Wildman–Crippen MR) is 139 cm³/mol. The van der Waals surface area contributed by atoms with Crippen LogP contribution in [0.4, 0.5) is 0 Å². The van der Waals surface area contributed by atoms with Crippen molar-refractivity contribution in [1.82, 2.24) is 4.90 Å². The molecule has 1 aromatic carbocycles. The molecule has 2 saturated heterocycles. The summed E-state index contributed by atoms with van der Waals surface area (Å²) in [7, 11) is -0.404. The van der Waals surface area contributed by atoms with E-state index in [1.54, 1.807) is 6.92 Å². The number of carbonyl (C=O) groups excluding carboxylic acids is 2. The lowest BCUT2D eigenvalue weighted by atomic mass is 9.74. The Morgan fingerprint density at radius 2 is 1.86 bits per heavy atom. The first-order chi connectivity index (χ1) is 16.4. The molecule has 0 radical (unpaired) electrons. The van der Waals surface area contributed by atoms with Gasteiger partial charge >= 0.3 is 13.1 Å². The van der Waals surface area contributed by atoms with Crippen LogP contribution in [0.3, 0.4) is 0 Å². The summed E-state index contributed by atoms with van der Waals surface area (Å²) < 4.78 is 17.8. The van der Waals surface area contributed by atoms with Crippen molar-refractivity contribution in [3.63, 3.8) is 0 Å².